The highest BCUT2D eigenvalue weighted by molar-refractivity contribution is 5.55. The van der Waals surface area contributed by atoms with E-state index in [-0.39, 0.29) is 0 Å². The smallest absolute Gasteiger partial charge is 0.203 e. The molecule has 4 nitrogen and oxygen atoms in total. The van der Waals surface area contributed by atoms with Crippen LogP contribution >= 0.6 is 0 Å². The first-order chi connectivity index (χ1) is 7.63. The zero-order valence-electron chi connectivity index (χ0n) is 10.1. The maximum absolute atomic E-state index is 9.39. The topological polar surface area (TPSA) is 47.9 Å². The molecule has 0 amide bonds. The van der Waals surface area contributed by atoms with Crippen molar-refractivity contribution in [2.24, 2.45) is 0 Å². The molecule has 4 heteroatoms. The first kappa shape index (κ1) is 12.6. The highest BCUT2D eigenvalue weighted by Crippen LogP contribution is 2.40. The molecule has 1 atom stereocenters. The number of rotatable bonds is 5. The van der Waals surface area contributed by atoms with Gasteiger partial charge in [-0.2, -0.15) is 0 Å². The summed E-state index contributed by atoms with van der Waals surface area (Å²) in [6.45, 7) is 1.73. The largest absolute Gasteiger partial charge is 0.493 e. The van der Waals surface area contributed by atoms with E-state index in [1.807, 2.05) is 6.07 Å². The third-order valence-electron chi connectivity index (χ3n) is 2.30. The van der Waals surface area contributed by atoms with Gasteiger partial charge in [0.1, 0.15) is 0 Å². The quantitative estimate of drug-likeness (QED) is 0.829. The summed E-state index contributed by atoms with van der Waals surface area (Å²) < 4.78 is 15.7. The van der Waals surface area contributed by atoms with Crippen LogP contribution in [0.5, 0.6) is 17.2 Å². The molecule has 0 saturated heterocycles. The summed E-state index contributed by atoms with van der Waals surface area (Å²) >= 11 is 0. The number of hydrogen-bond acceptors (Lipinski definition) is 4. The number of aliphatic hydroxyl groups is 1. The Hall–Kier alpha value is -1.42. The molecule has 90 valence electrons. The number of aliphatic hydroxyl groups excluding tert-OH is 1. The van der Waals surface area contributed by atoms with Crippen molar-refractivity contribution in [2.45, 2.75) is 19.4 Å². The number of methoxy groups -OCH3 is 3. The lowest BCUT2D eigenvalue weighted by Crippen LogP contribution is -2.07. The van der Waals surface area contributed by atoms with Gasteiger partial charge in [-0.3, -0.25) is 0 Å². The van der Waals surface area contributed by atoms with E-state index in [4.69, 9.17) is 14.2 Å². The van der Waals surface area contributed by atoms with Gasteiger partial charge in [0.05, 0.1) is 27.4 Å². The molecule has 0 heterocycles. The van der Waals surface area contributed by atoms with Crippen LogP contribution in [0, 0.1) is 0 Å². The average Bonchev–Trinajstić information content (AvgIpc) is 2.27. The average molecular weight is 226 g/mol. The number of ether oxygens (including phenoxy) is 3. The van der Waals surface area contributed by atoms with Crippen LogP contribution in [0.25, 0.3) is 0 Å². The third kappa shape index (κ3) is 2.58. The zero-order chi connectivity index (χ0) is 12.1. The molecular formula is C12H18O4. The molecule has 1 aromatic rings. The van der Waals surface area contributed by atoms with Crippen LogP contribution in [-0.2, 0) is 6.42 Å². The maximum atomic E-state index is 9.39. The van der Waals surface area contributed by atoms with E-state index in [2.05, 4.69) is 0 Å². The second-order valence-electron chi connectivity index (χ2n) is 3.55. The molecule has 0 fully saturated rings. The summed E-state index contributed by atoms with van der Waals surface area (Å²) in [5.41, 5.74) is 0.898. The van der Waals surface area contributed by atoms with E-state index in [1.165, 1.54) is 0 Å². The first-order valence-electron chi connectivity index (χ1n) is 5.10. The van der Waals surface area contributed by atoms with Crippen molar-refractivity contribution in [3.8, 4) is 17.2 Å². The van der Waals surface area contributed by atoms with E-state index in [1.54, 1.807) is 34.3 Å². The Bertz CT molecular complexity index is 347. The van der Waals surface area contributed by atoms with Crippen molar-refractivity contribution in [3.63, 3.8) is 0 Å². The molecule has 0 saturated carbocycles. The molecule has 0 aliphatic rings. The molecule has 16 heavy (non-hydrogen) atoms. The second-order valence-corrected chi connectivity index (χ2v) is 3.55. The minimum absolute atomic E-state index is 0.424. The molecule has 0 bridgehead atoms. The molecule has 1 aromatic carbocycles. The summed E-state index contributed by atoms with van der Waals surface area (Å²) in [4.78, 5) is 0. The molecule has 1 rings (SSSR count). The molecular weight excluding hydrogens is 208 g/mol. The van der Waals surface area contributed by atoms with Crippen molar-refractivity contribution < 1.29 is 19.3 Å². The molecule has 0 spiro atoms. The minimum Gasteiger partial charge on any atom is -0.493 e. The van der Waals surface area contributed by atoms with Gasteiger partial charge < -0.3 is 19.3 Å². The number of benzene rings is 1. The lowest BCUT2D eigenvalue weighted by atomic mass is 10.1. The first-order valence-corrected chi connectivity index (χ1v) is 5.10. The van der Waals surface area contributed by atoms with Crippen molar-refractivity contribution in [1.29, 1.82) is 0 Å². The summed E-state index contributed by atoms with van der Waals surface area (Å²) in [6.07, 6.45) is 0.0933. The van der Waals surface area contributed by atoms with Gasteiger partial charge in [0.2, 0.25) is 5.75 Å². The predicted molar refractivity (Wildman–Crippen MR) is 61.5 cm³/mol. The standard InChI is InChI=1S/C12H18O4/c1-8(13)7-9-5-6-10(14-2)12(16-4)11(9)15-3/h5-6,8,13H,7H2,1-4H3. The van der Waals surface area contributed by atoms with Gasteiger partial charge in [0.15, 0.2) is 11.5 Å². The number of hydrogen-bond donors (Lipinski definition) is 1. The van der Waals surface area contributed by atoms with Gasteiger partial charge in [0.25, 0.3) is 0 Å². The van der Waals surface area contributed by atoms with Gasteiger partial charge in [-0.1, -0.05) is 6.07 Å². The van der Waals surface area contributed by atoms with Crippen LogP contribution in [0.15, 0.2) is 12.1 Å². The Labute approximate surface area is 95.8 Å². The Morgan fingerprint density at radius 1 is 1.06 bits per heavy atom. The van der Waals surface area contributed by atoms with Crippen LogP contribution in [0.3, 0.4) is 0 Å². The Kier molecular flexibility index (Phi) is 4.43. The Balaban J connectivity index is 3.20. The third-order valence-corrected chi connectivity index (χ3v) is 2.30. The van der Waals surface area contributed by atoms with Crippen LogP contribution in [0.1, 0.15) is 12.5 Å². The summed E-state index contributed by atoms with van der Waals surface area (Å²) in [5, 5.41) is 9.39. The fraction of sp³-hybridized carbons (Fsp3) is 0.500. The zero-order valence-corrected chi connectivity index (χ0v) is 10.1. The minimum atomic E-state index is -0.424. The summed E-state index contributed by atoms with van der Waals surface area (Å²) in [6, 6.07) is 3.67. The van der Waals surface area contributed by atoms with Gasteiger partial charge in [-0.05, 0) is 13.0 Å². The highest BCUT2D eigenvalue weighted by Gasteiger charge is 2.16. The van der Waals surface area contributed by atoms with E-state index < -0.39 is 6.10 Å². The van der Waals surface area contributed by atoms with Crippen LogP contribution in [-0.4, -0.2) is 32.5 Å². The molecule has 0 aliphatic heterocycles. The highest BCUT2D eigenvalue weighted by atomic mass is 16.5. The fourth-order valence-corrected chi connectivity index (χ4v) is 1.64. The molecule has 1 unspecified atom stereocenters. The van der Waals surface area contributed by atoms with Crippen molar-refractivity contribution in [2.75, 3.05) is 21.3 Å². The second kappa shape index (κ2) is 5.61. The predicted octanol–water partition coefficient (Wildman–Crippen LogP) is 1.64. The van der Waals surface area contributed by atoms with Gasteiger partial charge >= 0.3 is 0 Å². The summed E-state index contributed by atoms with van der Waals surface area (Å²) in [5.74, 6) is 1.79. The normalized spacial score (nSPS) is 12.1. The lowest BCUT2D eigenvalue weighted by molar-refractivity contribution is 0.193. The van der Waals surface area contributed by atoms with Crippen molar-refractivity contribution >= 4 is 0 Å². The van der Waals surface area contributed by atoms with E-state index in [0.29, 0.717) is 23.7 Å². The van der Waals surface area contributed by atoms with Gasteiger partial charge in [-0.25, -0.2) is 0 Å². The molecule has 0 radical (unpaired) electrons. The van der Waals surface area contributed by atoms with E-state index in [9.17, 15) is 5.11 Å². The van der Waals surface area contributed by atoms with E-state index >= 15 is 0 Å². The SMILES string of the molecule is COc1ccc(CC(C)O)c(OC)c1OC. The van der Waals surface area contributed by atoms with E-state index in [0.717, 1.165) is 5.56 Å². The molecule has 0 aliphatic carbocycles. The Morgan fingerprint density at radius 2 is 1.69 bits per heavy atom. The van der Waals surface area contributed by atoms with Crippen LogP contribution in [0.4, 0.5) is 0 Å². The maximum Gasteiger partial charge on any atom is 0.203 e. The van der Waals surface area contributed by atoms with Crippen molar-refractivity contribution in [3.05, 3.63) is 17.7 Å². The van der Waals surface area contributed by atoms with Gasteiger partial charge in [0, 0.05) is 12.0 Å². The van der Waals surface area contributed by atoms with Crippen LogP contribution < -0.4 is 14.2 Å². The summed E-state index contributed by atoms with van der Waals surface area (Å²) in [7, 11) is 4.71. The fourth-order valence-electron chi connectivity index (χ4n) is 1.64. The molecule has 0 aromatic heterocycles. The Morgan fingerprint density at radius 3 is 2.12 bits per heavy atom. The molecule has 1 N–H and O–H groups in total. The lowest BCUT2D eigenvalue weighted by Gasteiger charge is -2.16. The van der Waals surface area contributed by atoms with Crippen LogP contribution in [0.2, 0.25) is 0 Å². The van der Waals surface area contributed by atoms with Gasteiger partial charge in [-0.15, -0.1) is 0 Å². The monoisotopic (exact) mass is 226 g/mol. The van der Waals surface area contributed by atoms with Crippen molar-refractivity contribution in [1.82, 2.24) is 0 Å².